The quantitative estimate of drug-likeness (QED) is 0.569. The average Bonchev–Trinajstić information content (AvgIpc) is 2.05. The highest BCUT2D eigenvalue weighted by Gasteiger charge is 2.10. The molecular formula is C8H14O2. The van der Waals surface area contributed by atoms with E-state index in [9.17, 15) is 0 Å². The van der Waals surface area contributed by atoms with E-state index in [4.69, 9.17) is 9.84 Å². The van der Waals surface area contributed by atoms with Gasteiger partial charge in [0.2, 0.25) is 0 Å². The van der Waals surface area contributed by atoms with Crippen LogP contribution in [0.3, 0.4) is 0 Å². The second kappa shape index (κ2) is 3.49. The summed E-state index contributed by atoms with van der Waals surface area (Å²) in [6, 6.07) is 0. The fourth-order valence-corrected chi connectivity index (χ4v) is 1.34. The van der Waals surface area contributed by atoms with E-state index in [2.05, 4.69) is 0 Å². The Morgan fingerprint density at radius 3 is 2.40 bits per heavy atom. The van der Waals surface area contributed by atoms with Crippen molar-refractivity contribution in [2.24, 2.45) is 0 Å². The van der Waals surface area contributed by atoms with Crippen molar-refractivity contribution in [2.45, 2.75) is 32.1 Å². The lowest BCUT2D eigenvalue weighted by Crippen LogP contribution is -1.99. The summed E-state index contributed by atoms with van der Waals surface area (Å²) in [5.74, 6) is 0.153. The van der Waals surface area contributed by atoms with Gasteiger partial charge in [-0.1, -0.05) is 6.42 Å². The first-order valence-corrected chi connectivity index (χ1v) is 3.79. The zero-order valence-corrected chi connectivity index (χ0v) is 6.39. The van der Waals surface area contributed by atoms with Crippen LogP contribution >= 0.6 is 0 Å². The van der Waals surface area contributed by atoms with Gasteiger partial charge in [0.1, 0.15) is 0 Å². The lowest BCUT2D eigenvalue weighted by atomic mass is 9.96. The van der Waals surface area contributed by atoms with E-state index in [-0.39, 0.29) is 5.95 Å². The molecule has 0 unspecified atom stereocenters. The van der Waals surface area contributed by atoms with Crippen LogP contribution in [0.15, 0.2) is 11.5 Å². The van der Waals surface area contributed by atoms with Gasteiger partial charge in [0.15, 0.2) is 0 Å². The van der Waals surface area contributed by atoms with Gasteiger partial charge in [-0.3, -0.25) is 0 Å². The topological polar surface area (TPSA) is 29.5 Å². The minimum absolute atomic E-state index is 0.153. The Bertz CT molecular complexity index is 130. The molecule has 1 aliphatic rings. The van der Waals surface area contributed by atoms with Crippen molar-refractivity contribution in [3.05, 3.63) is 11.5 Å². The maximum absolute atomic E-state index is 9.14. The van der Waals surface area contributed by atoms with Gasteiger partial charge in [0, 0.05) is 5.57 Å². The lowest BCUT2D eigenvalue weighted by Gasteiger charge is -2.13. The highest BCUT2D eigenvalue weighted by atomic mass is 16.6. The highest BCUT2D eigenvalue weighted by molar-refractivity contribution is 5.04. The molecule has 0 radical (unpaired) electrons. The summed E-state index contributed by atoms with van der Waals surface area (Å²) in [5, 5.41) is 9.14. The molecule has 0 aromatic rings. The van der Waals surface area contributed by atoms with Crippen LogP contribution in [0.2, 0.25) is 0 Å². The molecule has 0 heterocycles. The number of allylic oxidation sites excluding steroid dienone is 1. The summed E-state index contributed by atoms with van der Waals surface area (Å²) in [7, 11) is 1.51. The molecule has 2 heteroatoms. The summed E-state index contributed by atoms with van der Waals surface area (Å²) >= 11 is 0. The van der Waals surface area contributed by atoms with Gasteiger partial charge >= 0.3 is 0 Å². The van der Waals surface area contributed by atoms with Crippen LogP contribution in [0.1, 0.15) is 32.1 Å². The van der Waals surface area contributed by atoms with Crippen molar-refractivity contribution in [1.29, 1.82) is 0 Å². The number of hydrogen-bond acceptors (Lipinski definition) is 2. The molecule has 0 saturated heterocycles. The van der Waals surface area contributed by atoms with Crippen LogP contribution in [-0.4, -0.2) is 12.2 Å². The Hall–Kier alpha value is -0.660. The molecule has 1 N–H and O–H groups in total. The molecule has 58 valence electrons. The number of hydrogen-bond donors (Lipinski definition) is 1. The average molecular weight is 142 g/mol. The van der Waals surface area contributed by atoms with Crippen molar-refractivity contribution in [2.75, 3.05) is 7.11 Å². The van der Waals surface area contributed by atoms with Crippen LogP contribution in [0.25, 0.3) is 0 Å². The number of aliphatic hydroxyl groups is 1. The molecule has 10 heavy (non-hydrogen) atoms. The Morgan fingerprint density at radius 2 is 1.90 bits per heavy atom. The van der Waals surface area contributed by atoms with Crippen LogP contribution in [0.4, 0.5) is 0 Å². The summed E-state index contributed by atoms with van der Waals surface area (Å²) in [4.78, 5) is 0. The zero-order valence-electron chi connectivity index (χ0n) is 6.39. The summed E-state index contributed by atoms with van der Waals surface area (Å²) < 4.78 is 4.72. The van der Waals surface area contributed by atoms with E-state index in [1.165, 1.54) is 26.4 Å². The van der Waals surface area contributed by atoms with E-state index >= 15 is 0 Å². The first-order valence-electron chi connectivity index (χ1n) is 3.79. The fourth-order valence-electron chi connectivity index (χ4n) is 1.34. The Balaban J connectivity index is 2.51. The van der Waals surface area contributed by atoms with Crippen molar-refractivity contribution in [3.63, 3.8) is 0 Å². The Morgan fingerprint density at radius 1 is 1.30 bits per heavy atom. The van der Waals surface area contributed by atoms with Crippen molar-refractivity contribution in [3.8, 4) is 0 Å². The first-order chi connectivity index (χ1) is 4.84. The number of methoxy groups -OCH3 is 1. The van der Waals surface area contributed by atoms with Gasteiger partial charge in [-0.2, -0.15) is 0 Å². The van der Waals surface area contributed by atoms with E-state index in [1.807, 2.05) is 0 Å². The minimum Gasteiger partial charge on any atom is -0.481 e. The van der Waals surface area contributed by atoms with E-state index in [0.717, 1.165) is 18.4 Å². The predicted octanol–water partition coefficient (Wildman–Crippen LogP) is 2.37. The van der Waals surface area contributed by atoms with Gasteiger partial charge in [-0.25, -0.2) is 0 Å². The highest BCUT2D eigenvalue weighted by Crippen LogP contribution is 2.24. The predicted molar refractivity (Wildman–Crippen MR) is 39.7 cm³/mol. The number of rotatable bonds is 1. The van der Waals surface area contributed by atoms with Gasteiger partial charge in [0.05, 0.1) is 7.11 Å². The monoisotopic (exact) mass is 142 g/mol. The fraction of sp³-hybridized carbons (Fsp3) is 0.750. The SMILES string of the molecule is COC(O)=C1CCCCC1. The van der Waals surface area contributed by atoms with Crippen LogP contribution in [0, 0.1) is 0 Å². The molecule has 0 aromatic heterocycles. The molecule has 0 amide bonds. The van der Waals surface area contributed by atoms with E-state index < -0.39 is 0 Å². The third-order valence-electron chi connectivity index (χ3n) is 1.95. The largest absolute Gasteiger partial charge is 0.481 e. The second-order valence-electron chi connectivity index (χ2n) is 2.67. The van der Waals surface area contributed by atoms with Crippen molar-refractivity contribution < 1.29 is 9.84 Å². The molecule has 0 bridgehead atoms. The van der Waals surface area contributed by atoms with E-state index in [0.29, 0.717) is 0 Å². The van der Waals surface area contributed by atoms with Crippen LogP contribution in [0.5, 0.6) is 0 Å². The normalized spacial score (nSPS) is 18.7. The second-order valence-corrected chi connectivity index (χ2v) is 2.67. The summed E-state index contributed by atoms with van der Waals surface area (Å²) in [6.45, 7) is 0. The smallest absolute Gasteiger partial charge is 0.275 e. The van der Waals surface area contributed by atoms with Gasteiger partial charge in [-0.05, 0) is 25.7 Å². The molecule has 2 nitrogen and oxygen atoms in total. The van der Waals surface area contributed by atoms with Crippen molar-refractivity contribution >= 4 is 0 Å². The first kappa shape index (κ1) is 7.45. The van der Waals surface area contributed by atoms with Gasteiger partial charge < -0.3 is 9.84 Å². The maximum atomic E-state index is 9.14. The number of ether oxygens (including phenoxy) is 1. The zero-order chi connectivity index (χ0) is 7.40. The minimum atomic E-state index is 0.153. The van der Waals surface area contributed by atoms with Crippen molar-refractivity contribution in [1.82, 2.24) is 0 Å². The molecule has 0 aliphatic heterocycles. The molecule has 0 spiro atoms. The van der Waals surface area contributed by atoms with Gasteiger partial charge in [-0.15, -0.1) is 0 Å². The Kier molecular flexibility index (Phi) is 2.60. The summed E-state index contributed by atoms with van der Waals surface area (Å²) in [5.41, 5.74) is 1.09. The third kappa shape index (κ3) is 1.66. The molecule has 1 saturated carbocycles. The molecule has 1 aliphatic carbocycles. The molecule has 1 rings (SSSR count). The summed E-state index contributed by atoms with van der Waals surface area (Å²) in [6.07, 6.45) is 5.71. The molecule has 0 atom stereocenters. The van der Waals surface area contributed by atoms with Gasteiger partial charge in [0.25, 0.3) is 5.95 Å². The molecule has 1 fully saturated rings. The maximum Gasteiger partial charge on any atom is 0.275 e. The lowest BCUT2D eigenvalue weighted by molar-refractivity contribution is 0.127. The molecular weight excluding hydrogens is 128 g/mol. The third-order valence-corrected chi connectivity index (χ3v) is 1.95. The van der Waals surface area contributed by atoms with Crippen LogP contribution in [-0.2, 0) is 4.74 Å². The Labute approximate surface area is 61.5 Å². The molecule has 0 aromatic carbocycles. The standard InChI is InChI=1S/C8H14O2/c1-10-8(9)7-5-3-2-4-6-7/h9H,2-6H2,1H3. The van der Waals surface area contributed by atoms with Crippen LogP contribution < -0.4 is 0 Å². The van der Waals surface area contributed by atoms with E-state index in [1.54, 1.807) is 0 Å². The number of aliphatic hydroxyl groups excluding tert-OH is 1.